The SMILES string of the molecule is CN=C/C=C(\N)c1cc(N)ccc1Br. The molecule has 0 bridgehead atoms. The molecule has 0 atom stereocenters. The number of hydrogen-bond donors (Lipinski definition) is 2. The molecule has 0 unspecified atom stereocenters. The third-order valence-corrected chi connectivity index (χ3v) is 2.40. The summed E-state index contributed by atoms with van der Waals surface area (Å²) in [6.45, 7) is 0. The molecule has 1 aromatic rings. The Morgan fingerprint density at radius 3 is 2.86 bits per heavy atom. The van der Waals surface area contributed by atoms with E-state index in [1.807, 2.05) is 18.2 Å². The van der Waals surface area contributed by atoms with Gasteiger partial charge in [-0.1, -0.05) is 15.9 Å². The van der Waals surface area contributed by atoms with Crippen LogP contribution in [0.25, 0.3) is 5.70 Å². The quantitative estimate of drug-likeness (QED) is 0.626. The maximum atomic E-state index is 5.84. The van der Waals surface area contributed by atoms with Crippen molar-refractivity contribution in [2.75, 3.05) is 12.8 Å². The summed E-state index contributed by atoms with van der Waals surface area (Å²) in [5, 5.41) is 0. The highest BCUT2D eigenvalue weighted by Crippen LogP contribution is 2.23. The zero-order valence-corrected chi connectivity index (χ0v) is 9.45. The maximum Gasteiger partial charge on any atom is 0.0415 e. The minimum Gasteiger partial charge on any atom is -0.399 e. The molecule has 0 aliphatic rings. The van der Waals surface area contributed by atoms with Gasteiger partial charge in [-0.2, -0.15) is 0 Å². The largest absolute Gasteiger partial charge is 0.399 e. The van der Waals surface area contributed by atoms with Crippen molar-refractivity contribution in [3.8, 4) is 0 Å². The van der Waals surface area contributed by atoms with Gasteiger partial charge in [0.1, 0.15) is 0 Å². The van der Waals surface area contributed by atoms with E-state index in [0.29, 0.717) is 11.4 Å². The van der Waals surface area contributed by atoms with Gasteiger partial charge in [-0.3, -0.25) is 4.99 Å². The highest BCUT2D eigenvalue weighted by atomic mass is 79.9. The summed E-state index contributed by atoms with van der Waals surface area (Å²) in [5.41, 5.74) is 13.7. The van der Waals surface area contributed by atoms with Crippen LogP contribution < -0.4 is 11.5 Å². The fourth-order valence-electron chi connectivity index (χ4n) is 1.01. The first-order valence-corrected chi connectivity index (χ1v) is 4.87. The Morgan fingerprint density at radius 1 is 1.50 bits per heavy atom. The molecule has 0 saturated carbocycles. The van der Waals surface area contributed by atoms with Crippen molar-refractivity contribution < 1.29 is 0 Å². The minimum atomic E-state index is 0.634. The molecule has 0 heterocycles. The van der Waals surface area contributed by atoms with E-state index in [4.69, 9.17) is 11.5 Å². The van der Waals surface area contributed by atoms with Crippen molar-refractivity contribution in [1.82, 2.24) is 0 Å². The van der Waals surface area contributed by atoms with Gasteiger partial charge in [0.2, 0.25) is 0 Å². The zero-order valence-electron chi connectivity index (χ0n) is 7.87. The molecule has 1 aromatic carbocycles. The first kappa shape index (κ1) is 10.8. The summed E-state index contributed by atoms with van der Waals surface area (Å²) in [4.78, 5) is 3.83. The smallest absolute Gasteiger partial charge is 0.0415 e. The van der Waals surface area contributed by atoms with Crippen LogP contribution in [0.1, 0.15) is 5.56 Å². The molecule has 0 aliphatic heterocycles. The molecule has 0 amide bonds. The van der Waals surface area contributed by atoms with E-state index in [2.05, 4.69) is 20.9 Å². The second-order valence-electron chi connectivity index (χ2n) is 2.77. The number of nitrogen functional groups attached to an aromatic ring is 1. The maximum absolute atomic E-state index is 5.84. The van der Waals surface area contributed by atoms with Crippen molar-refractivity contribution in [1.29, 1.82) is 0 Å². The predicted molar refractivity (Wildman–Crippen MR) is 65.1 cm³/mol. The van der Waals surface area contributed by atoms with Crippen LogP contribution in [-0.2, 0) is 0 Å². The molecule has 0 spiro atoms. The second kappa shape index (κ2) is 4.81. The Morgan fingerprint density at radius 2 is 2.21 bits per heavy atom. The van der Waals surface area contributed by atoms with E-state index in [0.717, 1.165) is 10.0 Å². The normalized spacial score (nSPS) is 12.3. The lowest BCUT2D eigenvalue weighted by atomic mass is 10.1. The molecule has 74 valence electrons. The van der Waals surface area contributed by atoms with Crippen LogP contribution >= 0.6 is 15.9 Å². The molecule has 3 nitrogen and oxygen atoms in total. The fraction of sp³-hybridized carbons (Fsp3) is 0.100. The summed E-state index contributed by atoms with van der Waals surface area (Å²) < 4.78 is 0.921. The monoisotopic (exact) mass is 253 g/mol. The van der Waals surface area contributed by atoms with Crippen LogP contribution in [0, 0.1) is 0 Å². The van der Waals surface area contributed by atoms with Crippen LogP contribution in [0.15, 0.2) is 33.7 Å². The van der Waals surface area contributed by atoms with Crippen LogP contribution in [0.5, 0.6) is 0 Å². The average molecular weight is 254 g/mol. The molecule has 0 aliphatic carbocycles. The van der Waals surface area contributed by atoms with Gasteiger partial charge in [0, 0.05) is 34.7 Å². The number of nitrogens with two attached hydrogens (primary N) is 2. The molecule has 4 heteroatoms. The number of allylic oxidation sites excluding steroid dienone is 1. The number of nitrogens with zero attached hydrogens (tertiary/aromatic N) is 1. The van der Waals surface area contributed by atoms with Crippen LogP contribution in [0.3, 0.4) is 0 Å². The second-order valence-corrected chi connectivity index (χ2v) is 3.62. The summed E-state index contributed by atoms with van der Waals surface area (Å²) in [5.74, 6) is 0. The number of rotatable bonds is 2. The van der Waals surface area contributed by atoms with E-state index >= 15 is 0 Å². The number of hydrogen-bond acceptors (Lipinski definition) is 3. The first-order valence-electron chi connectivity index (χ1n) is 4.08. The molecule has 0 fully saturated rings. The van der Waals surface area contributed by atoms with Crippen molar-refractivity contribution >= 4 is 33.5 Å². The van der Waals surface area contributed by atoms with E-state index in [1.165, 1.54) is 0 Å². The van der Waals surface area contributed by atoms with Gasteiger partial charge in [0.25, 0.3) is 0 Å². The number of aliphatic imine (C=N–C) groups is 1. The lowest BCUT2D eigenvalue weighted by Gasteiger charge is -2.04. The summed E-state index contributed by atoms with van der Waals surface area (Å²) in [6, 6.07) is 5.50. The van der Waals surface area contributed by atoms with Crippen molar-refractivity contribution in [3.05, 3.63) is 34.3 Å². The van der Waals surface area contributed by atoms with Gasteiger partial charge in [0.05, 0.1) is 0 Å². The van der Waals surface area contributed by atoms with Crippen LogP contribution in [-0.4, -0.2) is 13.3 Å². The van der Waals surface area contributed by atoms with E-state index in [1.54, 1.807) is 19.3 Å². The van der Waals surface area contributed by atoms with Gasteiger partial charge in [0.15, 0.2) is 0 Å². The predicted octanol–water partition coefficient (Wildman–Crippen LogP) is 2.03. The molecular formula is C10H12BrN3. The van der Waals surface area contributed by atoms with Crippen LogP contribution in [0.2, 0.25) is 0 Å². The summed E-state index contributed by atoms with van der Waals surface area (Å²) >= 11 is 3.40. The van der Waals surface area contributed by atoms with Crippen molar-refractivity contribution in [2.45, 2.75) is 0 Å². The molecule has 0 saturated heterocycles. The topological polar surface area (TPSA) is 64.4 Å². The average Bonchev–Trinajstić information content (AvgIpc) is 2.18. The number of benzene rings is 1. The van der Waals surface area contributed by atoms with Crippen molar-refractivity contribution in [3.63, 3.8) is 0 Å². The Bertz CT molecular complexity index is 383. The zero-order chi connectivity index (χ0) is 10.6. The summed E-state index contributed by atoms with van der Waals surface area (Å²) in [7, 11) is 1.69. The van der Waals surface area contributed by atoms with Crippen LogP contribution in [0.4, 0.5) is 5.69 Å². The molecule has 0 aromatic heterocycles. The lowest BCUT2D eigenvalue weighted by Crippen LogP contribution is -1.99. The standard InChI is InChI=1S/C10H12BrN3/c1-14-5-4-10(13)8-6-7(12)2-3-9(8)11/h2-6H,12-13H2,1H3/b10-4-,14-5?. The third-order valence-electron chi connectivity index (χ3n) is 1.70. The van der Waals surface area contributed by atoms with E-state index in [-0.39, 0.29) is 0 Å². The Labute approximate surface area is 91.6 Å². The highest BCUT2D eigenvalue weighted by Gasteiger charge is 2.02. The molecule has 0 radical (unpaired) electrons. The highest BCUT2D eigenvalue weighted by molar-refractivity contribution is 9.10. The summed E-state index contributed by atoms with van der Waals surface area (Å²) in [6.07, 6.45) is 3.38. The van der Waals surface area contributed by atoms with E-state index < -0.39 is 0 Å². The first-order chi connectivity index (χ1) is 6.65. The van der Waals surface area contributed by atoms with Gasteiger partial charge in [-0.15, -0.1) is 0 Å². The van der Waals surface area contributed by atoms with Gasteiger partial charge in [-0.05, 0) is 24.3 Å². The minimum absolute atomic E-state index is 0.634. The molecule has 1 rings (SSSR count). The molecule has 4 N–H and O–H groups in total. The molecule has 14 heavy (non-hydrogen) atoms. The van der Waals surface area contributed by atoms with Gasteiger partial charge >= 0.3 is 0 Å². The van der Waals surface area contributed by atoms with Crippen molar-refractivity contribution in [2.24, 2.45) is 10.7 Å². The number of halogens is 1. The molecular weight excluding hydrogens is 242 g/mol. The van der Waals surface area contributed by atoms with Gasteiger partial charge in [-0.25, -0.2) is 0 Å². The van der Waals surface area contributed by atoms with Gasteiger partial charge < -0.3 is 11.5 Å². The Balaban J connectivity index is 3.11. The Kier molecular flexibility index (Phi) is 3.71. The third kappa shape index (κ3) is 2.60. The Hall–Kier alpha value is -1.29. The fourth-order valence-corrected chi connectivity index (χ4v) is 1.48. The van der Waals surface area contributed by atoms with E-state index in [9.17, 15) is 0 Å². The lowest BCUT2D eigenvalue weighted by molar-refractivity contribution is 1.46. The number of anilines is 1.